The summed E-state index contributed by atoms with van der Waals surface area (Å²) in [6.45, 7) is 0.0278. The Kier molecular flexibility index (Phi) is 8.47. The molecule has 200 valence electrons. The van der Waals surface area contributed by atoms with Crippen LogP contribution in [-0.2, 0) is 35.7 Å². The summed E-state index contributed by atoms with van der Waals surface area (Å²) in [5, 5.41) is 20.6. The van der Waals surface area contributed by atoms with Crippen LogP contribution in [0.2, 0.25) is 0 Å². The minimum Gasteiger partial charge on any atom is -0.387 e. The molecule has 1 saturated heterocycles. The van der Waals surface area contributed by atoms with Crippen LogP contribution in [0, 0.1) is 18.6 Å². The van der Waals surface area contributed by atoms with Gasteiger partial charge in [0.1, 0.15) is 29.9 Å². The third kappa shape index (κ3) is 6.61. The molecule has 1 aromatic carbocycles. The normalized spacial score (nSPS) is 24.1. The van der Waals surface area contributed by atoms with Crippen LogP contribution in [0.1, 0.15) is 17.4 Å². The van der Waals surface area contributed by atoms with Crippen LogP contribution in [0.25, 0.3) is 0 Å². The highest BCUT2D eigenvalue weighted by atomic mass is 31.3. The van der Waals surface area contributed by atoms with Gasteiger partial charge >= 0.3 is 21.3 Å². The highest BCUT2D eigenvalue weighted by Gasteiger charge is 2.46. The first-order chi connectivity index (χ1) is 16.6. The lowest BCUT2D eigenvalue weighted by Gasteiger charge is -2.20. The highest BCUT2D eigenvalue weighted by molar-refractivity contribution is 7.60. The van der Waals surface area contributed by atoms with Crippen molar-refractivity contribution in [3.8, 4) is 0 Å². The summed E-state index contributed by atoms with van der Waals surface area (Å²) in [5.41, 5.74) is -1.70. The molecule has 0 amide bonds. The lowest BCUT2D eigenvalue weighted by atomic mass is 10.1. The van der Waals surface area contributed by atoms with Gasteiger partial charge in [0.25, 0.3) is 5.56 Å². The zero-order valence-electron chi connectivity index (χ0n) is 18.4. The molecule has 18 heteroatoms. The number of hydrogen-bond donors (Lipinski definition) is 5. The molecule has 1 aliphatic heterocycles. The number of aliphatic hydroxyl groups is 2. The Morgan fingerprint density at radius 1 is 1.11 bits per heavy atom. The number of aryl methyl sites for hydroxylation is 2. The minimum atomic E-state index is -5.40. The van der Waals surface area contributed by atoms with Gasteiger partial charge in [-0.15, -0.1) is 0 Å². The second kappa shape index (κ2) is 10.7. The van der Waals surface area contributed by atoms with Crippen LogP contribution in [0.15, 0.2) is 34.0 Å². The van der Waals surface area contributed by atoms with Crippen molar-refractivity contribution in [2.75, 3.05) is 6.61 Å². The van der Waals surface area contributed by atoms with Crippen molar-refractivity contribution in [2.45, 2.75) is 44.4 Å². The molecule has 0 bridgehead atoms. The summed E-state index contributed by atoms with van der Waals surface area (Å²) in [6, 6.07) is 2.82. The monoisotopic (exact) mass is 558 g/mol. The first kappa shape index (κ1) is 28.5. The van der Waals surface area contributed by atoms with Crippen LogP contribution >= 0.6 is 15.6 Å². The van der Waals surface area contributed by atoms with Crippen molar-refractivity contribution < 1.29 is 56.4 Å². The third-order valence-electron chi connectivity index (χ3n) is 5.21. The van der Waals surface area contributed by atoms with E-state index in [2.05, 4.69) is 8.83 Å². The molecule has 36 heavy (non-hydrogen) atoms. The number of halogens is 2. The van der Waals surface area contributed by atoms with E-state index in [4.69, 9.17) is 14.5 Å². The second-order valence-electron chi connectivity index (χ2n) is 7.83. The number of hydrogen-bond acceptors (Lipinski definition) is 9. The highest BCUT2D eigenvalue weighted by Crippen LogP contribution is 2.57. The molecule has 2 heterocycles. The van der Waals surface area contributed by atoms with Gasteiger partial charge in [-0.05, 0) is 25.0 Å². The predicted octanol–water partition coefficient (Wildman–Crippen LogP) is -0.315. The molecule has 5 atom stereocenters. The summed E-state index contributed by atoms with van der Waals surface area (Å²) < 4.78 is 64.3. The molecule has 1 aromatic heterocycles. The fourth-order valence-corrected chi connectivity index (χ4v) is 5.12. The maximum atomic E-state index is 13.9. The van der Waals surface area contributed by atoms with E-state index in [9.17, 15) is 42.6 Å². The quantitative estimate of drug-likeness (QED) is 0.251. The van der Waals surface area contributed by atoms with E-state index in [0.717, 1.165) is 27.5 Å². The topological polar surface area (TPSA) is 207 Å². The van der Waals surface area contributed by atoms with Gasteiger partial charge in [0.2, 0.25) is 0 Å². The Hall–Kier alpha value is -2.10. The lowest BCUT2D eigenvalue weighted by molar-refractivity contribution is -0.0549. The number of ether oxygens (including phenoxy) is 1. The Balaban J connectivity index is 1.82. The summed E-state index contributed by atoms with van der Waals surface area (Å²) in [4.78, 5) is 52.2. The second-order valence-corrected chi connectivity index (χ2v) is 10.7. The molecule has 3 unspecified atom stereocenters. The Labute approximate surface area is 200 Å². The van der Waals surface area contributed by atoms with Gasteiger partial charge < -0.3 is 29.6 Å². The molecule has 1 aliphatic rings. The number of phosphoric acid groups is 2. The van der Waals surface area contributed by atoms with E-state index in [1.54, 1.807) is 0 Å². The molecule has 0 saturated carbocycles. The van der Waals surface area contributed by atoms with E-state index in [1.165, 1.54) is 6.92 Å². The number of phosphoric ester groups is 1. The molecule has 0 spiro atoms. The van der Waals surface area contributed by atoms with Crippen molar-refractivity contribution in [1.82, 2.24) is 9.13 Å². The number of aromatic nitrogens is 2. The fraction of sp³-hybridized carbons (Fsp3) is 0.444. The standard InChI is InChI=1S/C18H22F2N2O12P2/c1-9-7-22(18(26)21(16(9)25)5-4-10-2-3-11(19)6-12(10)20)17-15(24)14(23)13(33-17)8-32-36(30,31)34-35(27,28)29/h2-3,6-7,13-15,17,23-24H,4-5,8H2,1H3,(H,30,31)(H2,27,28,29)/t13-,14?,15?,17-/m1/s1. The van der Waals surface area contributed by atoms with Gasteiger partial charge in [0, 0.05) is 24.4 Å². The minimum absolute atomic E-state index is 0.00840. The Bertz CT molecular complexity index is 1340. The van der Waals surface area contributed by atoms with Crippen molar-refractivity contribution >= 4 is 15.6 Å². The first-order valence-electron chi connectivity index (χ1n) is 10.1. The number of benzene rings is 1. The summed E-state index contributed by atoms with van der Waals surface area (Å²) in [7, 11) is -10.7. The van der Waals surface area contributed by atoms with E-state index in [1.807, 2.05) is 0 Å². The van der Waals surface area contributed by atoms with Crippen molar-refractivity contribution in [3.05, 3.63) is 68.0 Å². The van der Waals surface area contributed by atoms with Crippen molar-refractivity contribution in [3.63, 3.8) is 0 Å². The van der Waals surface area contributed by atoms with Gasteiger partial charge in [0.15, 0.2) is 6.23 Å². The molecule has 0 radical (unpaired) electrons. The summed E-state index contributed by atoms with van der Waals surface area (Å²) >= 11 is 0. The first-order valence-corrected chi connectivity index (χ1v) is 13.1. The zero-order valence-corrected chi connectivity index (χ0v) is 20.2. The van der Waals surface area contributed by atoms with Gasteiger partial charge in [-0.3, -0.25) is 18.5 Å². The zero-order chi connectivity index (χ0) is 27.0. The fourth-order valence-electron chi connectivity index (χ4n) is 3.52. The summed E-state index contributed by atoms with van der Waals surface area (Å²) in [6.07, 6.45) is -5.91. The molecule has 14 nitrogen and oxygen atoms in total. The molecule has 0 aliphatic carbocycles. The lowest BCUT2D eigenvalue weighted by Crippen LogP contribution is -2.44. The number of rotatable bonds is 9. The van der Waals surface area contributed by atoms with E-state index in [-0.39, 0.29) is 24.1 Å². The van der Waals surface area contributed by atoms with Crippen LogP contribution in [-0.4, -0.2) is 58.9 Å². The molecule has 3 rings (SSSR count). The average molecular weight is 558 g/mol. The van der Waals surface area contributed by atoms with Crippen LogP contribution in [0.5, 0.6) is 0 Å². The predicted molar refractivity (Wildman–Crippen MR) is 115 cm³/mol. The van der Waals surface area contributed by atoms with Crippen LogP contribution in [0.3, 0.4) is 0 Å². The van der Waals surface area contributed by atoms with Crippen LogP contribution < -0.4 is 11.2 Å². The number of nitrogens with zero attached hydrogens (tertiary/aromatic N) is 2. The molecular formula is C18H22F2N2O12P2. The maximum absolute atomic E-state index is 13.9. The van der Waals surface area contributed by atoms with E-state index in [0.29, 0.717) is 6.07 Å². The Morgan fingerprint density at radius 3 is 2.39 bits per heavy atom. The van der Waals surface area contributed by atoms with E-state index < -0.39 is 69.7 Å². The van der Waals surface area contributed by atoms with Gasteiger partial charge in [0.05, 0.1) is 6.61 Å². The van der Waals surface area contributed by atoms with Crippen LogP contribution in [0.4, 0.5) is 8.78 Å². The SMILES string of the molecule is Cc1cn([C@@H]2O[C@H](COP(=O)(O)OP(=O)(O)O)C(O)C2O)c(=O)n(CCc2ccc(F)cc2F)c1=O. The van der Waals surface area contributed by atoms with E-state index >= 15 is 0 Å². The maximum Gasteiger partial charge on any atom is 0.481 e. The third-order valence-corrected chi connectivity index (χ3v) is 7.36. The van der Waals surface area contributed by atoms with Gasteiger partial charge in [-0.1, -0.05) is 6.07 Å². The van der Waals surface area contributed by atoms with Gasteiger partial charge in [-0.2, -0.15) is 4.31 Å². The number of aliphatic hydroxyl groups excluding tert-OH is 2. The van der Waals surface area contributed by atoms with Crippen molar-refractivity contribution in [1.29, 1.82) is 0 Å². The molecule has 1 fully saturated rings. The average Bonchev–Trinajstić information content (AvgIpc) is 3.03. The van der Waals surface area contributed by atoms with Gasteiger partial charge in [-0.25, -0.2) is 22.7 Å². The molecular weight excluding hydrogens is 536 g/mol. The van der Waals surface area contributed by atoms with Crippen molar-refractivity contribution in [2.24, 2.45) is 0 Å². The smallest absolute Gasteiger partial charge is 0.387 e. The largest absolute Gasteiger partial charge is 0.481 e. The molecule has 2 aromatic rings. The Morgan fingerprint density at radius 2 is 1.78 bits per heavy atom. The molecule has 5 N–H and O–H groups in total. The summed E-state index contributed by atoms with van der Waals surface area (Å²) in [5.74, 6) is -1.68.